The molecule has 4 rings (SSSR count). The second-order valence-corrected chi connectivity index (χ2v) is 7.77. The molecule has 0 aliphatic carbocycles. The maximum Gasteiger partial charge on any atom is 0.0254 e. The van der Waals surface area contributed by atoms with Crippen LogP contribution in [0.15, 0.2) is 0 Å². The standard InChI is InChI=1S/C18H32N2/c1-3-13-19-15(7-1)9-5-11-17(19)18-12-6-10-16-8-2-4-14-20(16)18/h15-18H,1-14H2. The van der Waals surface area contributed by atoms with Crippen LogP contribution in [-0.4, -0.2) is 47.1 Å². The van der Waals surface area contributed by atoms with Crippen LogP contribution in [0.5, 0.6) is 0 Å². The maximum absolute atomic E-state index is 2.97. The van der Waals surface area contributed by atoms with Gasteiger partial charge < -0.3 is 0 Å². The van der Waals surface area contributed by atoms with Gasteiger partial charge in [0.1, 0.15) is 0 Å². The van der Waals surface area contributed by atoms with Crippen LogP contribution in [0.4, 0.5) is 0 Å². The fraction of sp³-hybridized carbons (Fsp3) is 1.00. The molecule has 0 saturated carbocycles. The average Bonchev–Trinajstić information content (AvgIpc) is 2.54. The molecule has 4 aliphatic heterocycles. The van der Waals surface area contributed by atoms with E-state index in [-0.39, 0.29) is 0 Å². The summed E-state index contributed by atoms with van der Waals surface area (Å²) in [6.07, 6.45) is 17.9. The highest BCUT2D eigenvalue weighted by Crippen LogP contribution is 2.38. The number of hydrogen-bond acceptors (Lipinski definition) is 2. The second kappa shape index (κ2) is 5.96. The number of rotatable bonds is 1. The van der Waals surface area contributed by atoms with Gasteiger partial charge in [-0.15, -0.1) is 0 Å². The van der Waals surface area contributed by atoms with Crippen molar-refractivity contribution >= 4 is 0 Å². The summed E-state index contributed by atoms with van der Waals surface area (Å²) in [6.45, 7) is 2.81. The van der Waals surface area contributed by atoms with Gasteiger partial charge in [-0.05, 0) is 64.5 Å². The minimum Gasteiger partial charge on any atom is -0.296 e. The zero-order valence-electron chi connectivity index (χ0n) is 13.1. The first-order chi connectivity index (χ1) is 9.93. The molecule has 0 spiro atoms. The van der Waals surface area contributed by atoms with Crippen LogP contribution in [-0.2, 0) is 0 Å². The Labute approximate surface area is 124 Å². The van der Waals surface area contributed by atoms with E-state index in [1.54, 1.807) is 0 Å². The predicted molar refractivity (Wildman–Crippen MR) is 84.0 cm³/mol. The van der Waals surface area contributed by atoms with Gasteiger partial charge in [-0.2, -0.15) is 0 Å². The zero-order chi connectivity index (χ0) is 13.4. The Bertz CT molecular complexity index is 293. The van der Waals surface area contributed by atoms with Gasteiger partial charge in [-0.25, -0.2) is 0 Å². The molecule has 114 valence electrons. The van der Waals surface area contributed by atoms with Crippen molar-refractivity contribution in [3.05, 3.63) is 0 Å². The summed E-state index contributed by atoms with van der Waals surface area (Å²) in [5.41, 5.74) is 0. The summed E-state index contributed by atoms with van der Waals surface area (Å²) in [5.74, 6) is 0. The molecule has 4 fully saturated rings. The molecular weight excluding hydrogens is 244 g/mol. The molecule has 0 amide bonds. The molecule has 20 heavy (non-hydrogen) atoms. The van der Waals surface area contributed by atoms with Crippen LogP contribution in [0.1, 0.15) is 77.0 Å². The molecule has 4 saturated heterocycles. The monoisotopic (exact) mass is 276 g/mol. The quantitative estimate of drug-likeness (QED) is 0.719. The molecule has 4 unspecified atom stereocenters. The van der Waals surface area contributed by atoms with Crippen LogP contribution >= 0.6 is 0 Å². The van der Waals surface area contributed by atoms with Crippen molar-refractivity contribution in [2.24, 2.45) is 0 Å². The van der Waals surface area contributed by atoms with Gasteiger partial charge in [0.15, 0.2) is 0 Å². The lowest BCUT2D eigenvalue weighted by Crippen LogP contribution is -2.61. The molecule has 0 aromatic heterocycles. The smallest absolute Gasteiger partial charge is 0.0254 e. The van der Waals surface area contributed by atoms with E-state index in [0.29, 0.717) is 0 Å². The predicted octanol–water partition coefficient (Wildman–Crippen LogP) is 3.80. The SMILES string of the molecule is C1CCN2C(C1)CCCC2C1CCCC2CCCCN21. The topological polar surface area (TPSA) is 6.48 Å². The summed E-state index contributed by atoms with van der Waals surface area (Å²) in [4.78, 5) is 5.93. The van der Waals surface area contributed by atoms with E-state index in [0.717, 1.165) is 24.2 Å². The molecule has 0 aromatic carbocycles. The van der Waals surface area contributed by atoms with Gasteiger partial charge in [0.2, 0.25) is 0 Å². The Kier molecular flexibility index (Phi) is 4.05. The first-order valence-corrected chi connectivity index (χ1v) is 9.45. The fourth-order valence-corrected chi connectivity index (χ4v) is 5.82. The summed E-state index contributed by atoms with van der Waals surface area (Å²) < 4.78 is 0. The second-order valence-electron chi connectivity index (χ2n) is 7.77. The van der Waals surface area contributed by atoms with E-state index >= 15 is 0 Å². The third-order valence-corrected chi connectivity index (χ3v) is 6.72. The van der Waals surface area contributed by atoms with Gasteiger partial charge in [0.25, 0.3) is 0 Å². The Hall–Kier alpha value is -0.0800. The van der Waals surface area contributed by atoms with E-state index in [9.17, 15) is 0 Å². The summed E-state index contributed by atoms with van der Waals surface area (Å²) in [7, 11) is 0. The Morgan fingerprint density at radius 3 is 1.40 bits per heavy atom. The van der Waals surface area contributed by atoms with E-state index in [1.807, 2.05) is 0 Å². The molecule has 0 radical (unpaired) electrons. The third-order valence-electron chi connectivity index (χ3n) is 6.72. The van der Waals surface area contributed by atoms with Crippen LogP contribution in [0.2, 0.25) is 0 Å². The van der Waals surface area contributed by atoms with Gasteiger partial charge in [-0.1, -0.05) is 25.7 Å². The number of piperidine rings is 4. The Balaban J connectivity index is 1.52. The van der Waals surface area contributed by atoms with Crippen molar-refractivity contribution in [2.75, 3.05) is 13.1 Å². The van der Waals surface area contributed by atoms with Crippen LogP contribution < -0.4 is 0 Å². The lowest BCUT2D eigenvalue weighted by atomic mass is 9.80. The summed E-state index contributed by atoms with van der Waals surface area (Å²) >= 11 is 0. The number of nitrogens with zero attached hydrogens (tertiary/aromatic N) is 2. The van der Waals surface area contributed by atoms with Gasteiger partial charge in [0.05, 0.1) is 0 Å². The van der Waals surface area contributed by atoms with Crippen molar-refractivity contribution in [2.45, 2.75) is 101 Å². The maximum atomic E-state index is 2.97. The summed E-state index contributed by atoms with van der Waals surface area (Å²) in [6, 6.07) is 3.73. The largest absolute Gasteiger partial charge is 0.296 e. The minimum absolute atomic E-state index is 0.912. The van der Waals surface area contributed by atoms with Crippen LogP contribution in [0.25, 0.3) is 0 Å². The average molecular weight is 276 g/mol. The van der Waals surface area contributed by atoms with Gasteiger partial charge >= 0.3 is 0 Å². The lowest BCUT2D eigenvalue weighted by Gasteiger charge is -2.54. The molecule has 4 heterocycles. The fourth-order valence-electron chi connectivity index (χ4n) is 5.82. The van der Waals surface area contributed by atoms with E-state index in [1.165, 1.54) is 90.1 Å². The first kappa shape index (κ1) is 13.6. The van der Waals surface area contributed by atoms with Crippen molar-refractivity contribution in [3.63, 3.8) is 0 Å². The van der Waals surface area contributed by atoms with Crippen molar-refractivity contribution in [1.29, 1.82) is 0 Å². The highest BCUT2D eigenvalue weighted by atomic mass is 15.3. The molecule has 4 aliphatic rings. The molecule has 0 aromatic rings. The van der Waals surface area contributed by atoms with E-state index < -0.39 is 0 Å². The Morgan fingerprint density at radius 2 is 0.900 bits per heavy atom. The molecule has 2 nitrogen and oxygen atoms in total. The molecule has 0 bridgehead atoms. The third kappa shape index (κ3) is 2.43. The van der Waals surface area contributed by atoms with E-state index in [4.69, 9.17) is 0 Å². The van der Waals surface area contributed by atoms with Crippen molar-refractivity contribution < 1.29 is 0 Å². The molecular formula is C18H32N2. The molecule has 4 atom stereocenters. The Morgan fingerprint density at radius 1 is 0.450 bits per heavy atom. The molecule has 2 heteroatoms. The highest BCUT2D eigenvalue weighted by molar-refractivity contribution is 4.98. The lowest BCUT2D eigenvalue weighted by molar-refractivity contribution is -0.0417. The van der Waals surface area contributed by atoms with Crippen molar-refractivity contribution in [3.8, 4) is 0 Å². The minimum atomic E-state index is 0.912. The first-order valence-electron chi connectivity index (χ1n) is 9.45. The summed E-state index contributed by atoms with van der Waals surface area (Å²) in [5, 5.41) is 0. The van der Waals surface area contributed by atoms with E-state index in [2.05, 4.69) is 9.80 Å². The normalized spacial score (nSPS) is 43.8. The zero-order valence-corrected chi connectivity index (χ0v) is 13.1. The molecule has 0 N–H and O–H groups in total. The number of fused-ring (bicyclic) bond motifs is 2. The highest BCUT2D eigenvalue weighted by Gasteiger charge is 2.42. The van der Waals surface area contributed by atoms with Crippen LogP contribution in [0.3, 0.4) is 0 Å². The number of hydrogen-bond donors (Lipinski definition) is 0. The van der Waals surface area contributed by atoms with Crippen LogP contribution in [0, 0.1) is 0 Å². The van der Waals surface area contributed by atoms with Crippen molar-refractivity contribution in [1.82, 2.24) is 9.80 Å². The van der Waals surface area contributed by atoms with Gasteiger partial charge in [0, 0.05) is 24.2 Å². The van der Waals surface area contributed by atoms with Gasteiger partial charge in [-0.3, -0.25) is 9.80 Å².